The van der Waals surface area contributed by atoms with Gasteiger partial charge >= 0.3 is 6.09 Å². The van der Waals surface area contributed by atoms with Crippen LogP contribution in [0.2, 0.25) is 0 Å². The second kappa shape index (κ2) is 4.24. The minimum absolute atomic E-state index is 0.293. The van der Waals surface area contributed by atoms with Crippen LogP contribution in [0.15, 0.2) is 54.7 Å². The predicted octanol–water partition coefficient (Wildman–Crippen LogP) is 3.97. The zero-order valence-electron chi connectivity index (χ0n) is 9.88. The molecule has 0 spiro atoms. The fourth-order valence-corrected chi connectivity index (χ4v) is 2.12. The summed E-state index contributed by atoms with van der Waals surface area (Å²) in [5.41, 5.74) is 2.32. The molecule has 19 heavy (non-hydrogen) atoms. The van der Waals surface area contributed by atoms with Gasteiger partial charge in [0.15, 0.2) is 0 Å². The molecule has 3 aromatic rings. The number of benzene rings is 2. The van der Waals surface area contributed by atoms with E-state index in [4.69, 9.17) is 5.11 Å². The third-order valence-electron chi connectivity index (χ3n) is 3.08. The molecule has 0 aliphatic rings. The fraction of sp³-hybridized carbons (Fsp3) is 0. The Morgan fingerprint density at radius 1 is 1.00 bits per heavy atom. The molecule has 0 amide bonds. The van der Waals surface area contributed by atoms with E-state index in [9.17, 15) is 9.18 Å². The van der Waals surface area contributed by atoms with E-state index >= 15 is 0 Å². The standard InChI is InChI=1S/C15H10FNO2/c16-13-5-3-10(4-6-13)12-2-1-11-7-8-17(15(18)19)14(11)9-12/h1-9H,(H,18,19). The van der Waals surface area contributed by atoms with E-state index in [1.807, 2.05) is 12.1 Å². The zero-order valence-corrected chi connectivity index (χ0v) is 9.88. The van der Waals surface area contributed by atoms with Crippen LogP contribution in [0.4, 0.5) is 9.18 Å². The second-order valence-electron chi connectivity index (χ2n) is 4.25. The number of fused-ring (bicyclic) bond motifs is 1. The summed E-state index contributed by atoms with van der Waals surface area (Å²) in [5, 5.41) is 9.94. The van der Waals surface area contributed by atoms with Gasteiger partial charge in [0.05, 0.1) is 5.52 Å². The number of nitrogens with zero attached hydrogens (tertiary/aromatic N) is 1. The normalized spacial score (nSPS) is 10.8. The maximum Gasteiger partial charge on any atom is 0.415 e. The predicted molar refractivity (Wildman–Crippen MR) is 70.8 cm³/mol. The number of halogens is 1. The lowest BCUT2D eigenvalue weighted by atomic mass is 10.0. The van der Waals surface area contributed by atoms with Crippen molar-refractivity contribution in [3.63, 3.8) is 0 Å². The van der Waals surface area contributed by atoms with Crippen molar-refractivity contribution < 1.29 is 14.3 Å². The first kappa shape index (κ1) is 11.5. The summed E-state index contributed by atoms with van der Waals surface area (Å²) in [7, 11) is 0. The number of hydrogen-bond acceptors (Lipinski definition) is 1. The van der Waals surface area contributed by atoms with Gasteiger partial charge in [0.2, 0.25) is 0 Å². The quantitative estimate of drug-likeness (QED) is 0.714. The van der Waals surface area contributed by atoms with Gasteiger partial charge in [-0.05, 0) is 35.4 Å². The number of carbonyl (C=O) groups is 1. The van der Waals surface area contributed by atoms with Crippen molar-refractivity contribution >= 4 is 17.0 Å². The first-order valence-corrected chi connectivity index (χ1v) is 5.75. The molecule has 0 radical (unpaired) electrons. The molecule has 0 saturated carbocycles. The summed E-state index contributed by atoms with van der Waals surface area (Å²) < 4.78 is 14.1. The number of hydrogen-bond donors (Lipinski definition) is 1. The Balaban J connectivity index is 2.17. The summed E-state index contributed by atoms with van der Waals surface area (Å²) in [5.74, 6) is -0.293. The van der Waals surface area contributed by atoms with E-state index in [0.717, 1.165) is 16.5 Å². The van der Waals surface area contributed by atoms with Gasteiger partial charge in [-0.25, -0.2) is 9.18 Å². The van der Waals surface area contributed by atoms with E-state index in [-0.39, 0.29) is 5.82 Å². The van der Waals surface area contributed by atoms with Gasteiger partial charge < -0.3 is 5.11 Å². The molecule has 3 rings (SSSR count). The minimum Gasteiger partial charge on any atom is -0.464 e. The molecule has 0 bridgehead atoms. The van der Waals surface area contributed by atoms with Crippen molar-refractivity contribution in [2.75, 3.05) is 0 Å². The fourth-order valence-electron chi connectivity index (χ4n) is 2.12. The molecular weight excluding hydrogens is 245 g/mol. The van der Waals surface area contributed by atoms with E-state index < -0.39 is 6.09 Å². The maximum atomic E-state index is 12.9. The van der Waals surface area contributed by atoms with E-state index in [1.165, 1.54) is 22.9 Å². The van der Waals surface area contributed by atoms with Gasteiger partial charge in [0, 0.05) is 11.6 Å². The Morgan fingerprint density at radius 3 is 2.37 bits per heavy atom. The SMILES string of the molecule is O=C(O)n1ccc2ccc(-c3ccc(F)cc3)cc21. The maximum absolute atomic E-state index is 12.9. The minimum atomic E-state index is -1.02. The van der Waals surface area contributed by atoms with Gasteiger partial charge in [-0.15, -0.1) is 0 Å². The lowest BCUT2D eigenvalue weighted by molar-refractivity contribution is 0.197. The lowest BCUT2D eigenvalue weighted by Crippen LogP contribution is -2.05. The van der Waals surface area contributed by atoms with Gasteiger partial charge in [0.25, 0.3) is 0 Å². The van der Waals surface area contributed by atoms with E-state index in [0.29, 0.717) is 5.52 Å². The average molecular weight is 255 g/mol. The Hall–Kier alpha value is -2.62. The summed E-state index contributed by atoms with van der Waals surface area (Å²) in [6, 6.07) is 13.4. The molecule has 0 saturated heterocycles. The van der Waals surface area contributed by atoms with Crippen LogP contribution in [0.3, 0.4) is 0 Å². The molecule has 1 N–H and O–H groups in total. The van der Waals surface area contributed by atoms with Crippen LogP contribution in [-0.2, 0) is 0 Å². The third-order valence-corrected chi connectivity index (χ3v) is 3.08. The molecule has 0 aliphatic heterocycles. The molecule has 0 unspecified atom stereocenters. The largest absolute Gasteiger partial charge is 0.464 e. The summed E-state index contributed by atoms with van der Waals surface area (Å²) in [6.07, 6.45) is 0.493. The molecule has 3 nitrogen and oxygen atoms in total. The Bertz CT molecular complexity index is 759. The average Bonchev–Trinajstić information content (AvgIpc) is 2.82. The van der Waals surface area contributed by atoms with Gasteiger partial charge in [-0.2, -0.15) is 0 Å². The van der Waals surface area contributed by atoms with E-state index in [2.05, 4.69) is 0 Å². The molecule has 0 atom stereocenters. The van der Waals surface area contributed by atoms with Crippen LogP contribution in [0, 0.1) is 5.82 Å². The van der Waals surface area contributed by atoms with Crippen molar-refractivity contribution in [2.24, 2.45) is 0 Å². The first-order chi connectivity index (χ1) is 9.15. The highest BCUT2D eigenvalue weighted by atomic mass is 19.1. The number of rotatable bonds is 1. The van der Waals surface area contributed by atoms with Crippen molar-refractivity contribution in [3.8, 4) is 11.1 Å². The van der Waals surface area contributed by atoms with Gasteiger partial charge in [-0.3, -0.25) is 4.57 Å². The van der Waals surface area contributed by atoms with Crippen molar-refractivity contribution in [3.05, 3.63) is 60.5 Å². The Labute approximate surface area is 108 Å². The highest BCUT2D eigenvalue weighted by Gasteiger charge is 2.08. The zero-order chi connectivity index (χ0) is 13.4. The number of aromatic nitrogens is 1. The highest BCUT2D eigenvalue weighted by molar-refractivity contribution is 5.91. The molecule has 2 aromatic carbocycles. The topological polar surface area (TPSA) is 42.2 Å². The molecule has 4 heteroatoms. The lowest BCUT2D eigenvalue weighted by Gasteiger charge is -2.04. The molecule has 1 heterocycles. The van der Waals surface area contributed by atoms with Crippen LogP contribution in [-0.4, -0.2) is 15.8 Å². The van der Waals surface area contributed by atoms with E-state index in [1.54, 1.807) is 24.3 Å². The number of carboxylic acid groups (broad SMARTS) is 1. The summed E-state index contributed by atoms with van der Waals surface area (Å²) >= 11 is 0. The molecule has 0 fully saturated rings. The van der Waals surface area contributed by atoms with Crippen LogP contribution < -0.4 is 0 Å². The van der Waals surface area contributed by atoms with Crippen LogP contribution in [0.5, 0.6) is 0 Å². The second-order valence-corrected chi connectivity index (χ2v) is 4.25. The van der Waals surface area contributed by atoms with Crippen molar-refractivity contribution in [1.82, 2.24) is 4.57 Å². The van der Waals surface area contributed by atoms with Crippen LogP contribution in [0.1, 0.15) is 0 Å². The molecule has 0 aliphatic carbocycles. The van der Waals surface area contributed by atoms with Gasteiger partial charge in [0.1, 0.15) is 5.82 Å². The Morgan fingerprint density at radius 2 is 1.68 bits per heavy atom. The first-order valence-electron chi connectivity index (χ1n) is 5.75. The summed E-state index contributed by atoms with van der Waals surface area (Å²) in [4.78, 5) is 11.1. The van der Waals surface area contributed by atoms with Gasteiger partial charge in [-0.1, -0.05) is 24.3 Å². The van der Waals surface area contributed by atoms with Crippen molar-refractivity contribution in [2.45, 2.75) is 0 Å². The molecule has 94 valence electrons. The third kappa shape index (κ3) is 1.97. The summed E-state index contributed by atoms with van der Waals surface area (Å²) in [6.45, 7) is 0. The monoisotopic (exact) mass is 255 g/mol. The van der Waals surface area contributed by atoms with Crippen molar-refractivity contribution in [1.29, 1.82) is 0 Å². The Kier molecular flexibility index (Phi) is 2.56. The molecular formula is C15H10FNO2. The van der Waals surface area contributed by atoms with Crippen LogP contribution >= 0.6 is 0 Å². The highest BCUT2D eigenvalue weighted by Crippen LogP contribution is 2.25. The van der Waals surface area contributed by atoms with Crippen LogP contribution in [0.25, 0.3) is 22.0 Å². The molecule has 1 aromatic heterocycles. The smallest absolute Gasteiger partial charge is 0.415 e.